The van der Waals surface area contributed by atoms with Crippen molar-refractivity contribution in [3.63, 3.8) is 0 Å². The van der Waals surface area contributed by atoms with Crippen LogP contribution in [0.25, 0.3) is 0 Å². The molecule has 2 heterocycles. The number of nitrogen functional groups attached to an aromatic ring is 1. The summed E-state index contributed by atoms with van der Waals surface area (Å²) < 4.78 is 44.8. The first kappa shape index (κ1) is 21.4. The van der Waals surface area contributed by atoms with E-state index in [-0.39, 0.29) is 13.2 Å². The van der Waals surface area contributed by atoms with Gasteiger partial charge in [-0.3, -0.25) is 23.9 Å². The fourth-order valence-corrected chi connectivity index (χ4v) is 2.59. The predicted molar refractivity (Wildman–Crippen MR) is 92.7 cm³/mol. The van der Waals surface area contributed by atoms with Gasteiger partial charge in [-0.1, -0.05) is 11.6 Å². The summed E-state index contributed by atoms with van der Waals surface area (Å²) in [6.07, 6.45) is -4.41. The van der Waals surface area contributed by atoms with Crippen LogP contribution in [0.1, 0.15) is 15.9 Å². The number of ether oxygens (including phenoxy) is 1. The maximum atomic E-state index is 12.9. The summed E-state index contributed by atoms with van der Waals surface area (Å²) in [5.74, 6) is -1.58. The number of pyridine rings is 1. The zero-order chi connectivity index (χ0) is 21.2. The normalized spacial score (nSPS) is 11.6. The van der Waals surface area contributed by atoms with Crippen LogP contribution in [0.4, 0.5) is 19.0 Å². The van der Waals surface area contributed by atoms with E-state index >= 15 is 0 Å². The van der Waals surface area contributed by atoms with Crippen LogP contribution >= 0.6 is 11.6 Å². The number of rotatable bonds is 6. The Kier molecular flexibility index (Phi) is 6.14. The minimum atomic E-state index is -4.81. The van der Waals surface area contributed by atoms with Crippen molar-refractivity contribution in [2.24, 2.45) is 0 Å². The third-order valence-electron chi connectivity index (χ3n) is 3.72. The van der Waals surface area contributed by atoms with E-state index in [0.717, 1.165) is 4.57 Å². The summed E-state index contributed by atoms with van der Waals surface area (Å²) in [7, 11) is 1.35. The highest BCUT2D eigenvalue weighted by Gasteiger charge is 2.32. The van der Waals surface area contributed by atoms with Crippen LogP contribution in [0.3, 0.4) is 0 Å². The van der Waals surface area contributed by atoms with E-state index in [0.29, 0.717) is 16.8 Å². The number of Topliss-reactive ketones (excluding diaryl/α,β-unsaturated/α-hetero) is 1. The number of carbonyl (C=O) groups is 1. The average Bonchev–Trinajstić information content (AvgIpc) is 2.57. The predicted octanol–water partition coefficient (Wildman–Crippen LogP) is 0.482. The SMILES string of the molecule is COCCn1c(N)c(C(=O)Cn2cc(C(F)(F)F)cc(Cl)c2=O)c(=O)[nH]c1=O. The molecule has 0 spiro atoms. The number of nitrogens with one attached hydrogen (secondary N) is 1. The molecule has 0 unspecified atom stereocenters. The van der Waals surface area contributed by atoms with Gasteiger partial charge in [-0.25, -0.2) is 4.79 Å². The number of hydrogen-bond acceptors (Lipinski definition) is 6. The highest BCUT2D eigenvalue weighted by atomic mass is 35.5. The van der Waals surface area contributed by atoms with Crippen LogP contribution in [0.5, 0.6) is 0 Å². The second-order valence-electron chi connectivity index (χ2n) is 5.59. The third kappa shape index (κ3) is 4.34. The Morgan fingerprint density at radius 3 is 2.54 bits per heavy atom. The lowest BCUT2D eigenvalue weighted by atomic mass is 10.2. The number of nitrogens with zero attached hydrogens (tertiary/aromatic N) is 2. The van der Waals surface area contributed by atoms with Gasteiger partial charge >= 0.3 is 11.9 Å². The van der Waals surface area contributed by atoms with Crippen molar-refractivity contribution in [2.75, 3.05) is 19.5 Å². The maximum absolute atomic E-state index is 12.9. The summed E-state index contributed by atoms with van der Waals surface area (Å²) >= 11 is 5.52. The van der Waals surface area contributed by atoms with Crippen molar-refractivity contribution in [2.45, 2.75) is 19.3 Å². The van der Waals surface area contributed by atoms with Gasteiger partial charge in [0.25, 0.3) is 11.1 Å². The fourth-order valence-electron chi connectivity index (χ4n) is 2.37. The number of carbonyl (C=O) groups excluding carboxylic acids is 1. The molecule has 0 amide bonds. The number of ketones is 1. The number of nitrogens with two attached hydrogens (primary N) is 1. The number of alkyl halides is 3. The van der Waals surface area contributed by atoms with Crippen LogP contribution < -0.4 is 22.5 Å². The third-order valence-corrected chi connectivity index (χ3v) is 3.99. The molecule has 152 valence electrons. The molecular formula is C15H14ClF3N4O5. The monoisotopic (exact) mass is 422 g/mol. The highest BCUT2D eigenvalue weighted by molar-refractivity contribution is 6.30. The first-order chi connectivity index (χ1) is 13.0. The summed E-state index contributed by atoms with van der Waals surface area (Å²) in [4.78, 5) is 50.2. The largest absolute Gasteiger partial charge is 0.417 e. The van der Waals surface area contributed by atoms with E-state index in [9.17, 15) is 32.3 Å². The molecule has 0 aliphatic rings. The number of anilines is 1. The molecule has 2 rings (SSSR count). The first-order valence-electron chi connectivity index (χ1n) is 7.59. The maximum Gasteiger partial charge on any atom is 0.417 e. The molecule has 0 saturated heterocycles. The van der Waals surface area contributed by atoms with Crippen molar-refractivity contribution in [1.29, 1.82) is 0 Å². The smallest absolute Gasteiger partial charge is 0.384 e. The molecule has 0 radical (unpaired) electrons. The first-order valence-corrected chi connectivity index (χ1v) is 7.97. The van der Waals surface area contributed by atoms with Crippen LogP contribution in [0.2, 0.25) is 5.02 Å². The van der Waals surface area contributed by atoms with E-state index in [1.54, 1.807) is 0 Å². The van der Waals surface area contributed by atoms with E-state index in [2.05, 4.69) is 0 Å². The Morgan fingerprint density at radius 2 is 1.96 bits per heavy atom. The van der Waals surface area contributed by atoms with Gasteiger partial charge in [-0.15, -0.1) is 0 Å². The molecular weight excluding hydrogens is 409 g/mol. The molecule has 0 aromatic carbocycles. The van der Waals surface area contributed by atoms with Gasteiger partial charge in [0.05, 0.1) is 25.3 Å². The molecule has 0 fully saturated rings. The number of hydrogen-bond donors (Lipinski definition) is 2. The second kappa shape index (κ2) is 8.02. The van der Waals surface area contributed by atoms with E-state index < -0.39 is 57.3 Å². The molecule has 13 heteroatoms. The lowest BCUT2D eigenvalue weighted by Gasteiger charge is -2.13. The van der Waals surface area contributed by atoms with Gasteiger partial charge in [0, 0.05) is 13.3 Å². The number of methoxy groups -OCH3 is 1. The zero-order valence-corrected chi connectivity index (χ0v) is 15.1. The standard InChI is InChI=1S/C15H14ClF3N4O5/c1-28-3-2-23-11(20)10(12(25)21-14(23)27)9(24)6-22-5-7(15(17,18)19)4-8(16)13(22)26/h4-5H,2-3,6,20H2,1H3,(H,21,25,27). The molecule has 28 heavy (non-hydrogen) atoms. The van der Waals surface area contributed by atoms with Gasteiger partial charge in [0.2, 0.25) is 0 Å². The van der Waals surface area contributed by atoms with Crippen molar-refractivity contribution < 1.29 is 22.7 Å². The Balaban J connectivity index is 2.52. The Bertz CT molecular complexity index is 1090. The number of halogens is 4. The second-order valence-corrected chi connectivity index (χ2v) is 6.00. The van der Waals surface area contributed by atoms with Crippen LogP contribution in [-0.4, -0.2) is 33.6 Å². The summed E-state index contributed by atoms with van der Waals surface area (Å²) in [6.45, 7) is -1.00. The molecule has 0 bridgehead atoms. The number of H-pyrrole nitrogens is 1. The lowest BCUT2D eigenvalue weighted by Crippen LogP contribution is -2.38. The van der Waals surface area contributed by atoms with E-state index in [1.807, 2.05) is 4.98 Å². The van der Waals surface area contributed by atoms with Crippen LogP contribution in [-0.2, 0) is 24.0 Å². The van der Waals surface area contributed by atoms with Crippen molar-refractivity contribution in [3.8, 4) is 0 Å². The molecule has 2 aromatic rings. The quantitative estimate of drug-likeness (QED) is 0.651. The summed E-state index contributed by atoms with van der Waals surface area (Å²) in [5, 5.41) is -0.755. The molecule has 3 N–H and O–H groups in total. The zero-order valence-electron chi connectivity index (χ0n) is 14.3. The van der Waals surface area contributed by atoms with E-state index in [4.69, 9.17) is 22.1 Å². The van der Waals surface area contributed by atoms with E-state index in [1.165, 1.54) is 7.11 Å². The van der Waals surface area contributed by atoms with Gasteiger partial charge < -0.3 is 15.0 Å². The molecule has 0 atom stereocenters. The van der Waals surface area contributed by atoms with Crippen molar-refractivity contribution in [3.05, 3.63) is 59.6 Å². The minimum Gasteiger partial charge on any atom is -0.384 e. The van der Waals surface area contributed by atoms with Gasteiger partial charge in [-0.2, -0.15) is 13.2 Å². The summed E-state index contributed by atoms with van der Waals surface area (Å²) in [5.41, 5.74) is 0.708. The molecule has 0 aliphatic carbocycles. The number of aromatic nitrogens is 3. The highest BCUT2D eigenvalue weighted by Crippen LogP contribution is 2.29. The van der Waals surface area contributed by atoms with Crippen LogP contribution in [0.15, 0.2) is 26.6 Å². The average molecular weight is 423 g/mol. The lowest BCUT2D eigenvalue weighted by molar-refractivity contribution is -0.138. The van der Waals surface area contributed by atoms with Gasteiger partial charge in [-0.05, 0) is 6.07 Å². The Morgan fingerprint density at radius 1 is 1.32 bits per heavy atom. The van der Waals surface area contributed by atoms with Crippen molar-refractivity contribution >= 4 is 23.2 Å². The molecule has 0 aliphatic heterocycles. The van der Waals surface area contributed by atoms with Crippen LogP contribution in [0, 0.1) is 0 Å². The molecule has 0 saturated carbocycles. The van der Waals surface area contributed by atoms with Gasteiger partial charge in [0.1, 0.15) is 16.4 Å². The Hall–Kier alpha value is -2.86. The van der Waals surface area contributed by atoms with Gasteiger partial charge in [0.15, 0.2) is 5.78 Å². The molecule has 2 aromatic heterocycles. The molecule has 9 nitrogen and oxygen atoms in total. The van der Waals surface area contributed by atoms with Crippen molar-refractivity contribution in [1.82, 2.24) is 14.1 Å². The fraction of sp³-hybridized carbons (Fsp3) is 0.333. The summed E-state index contributed by atoms with van der Waals surface area (Å²) in [6, 6.07) is 0.428. The minimum absolute atomic E-state index is 0.0342. The number of aromatic amines is 1. The Labute approximate surface area is 159 Å². The topological polar surface area (TPSA) is 129 Å².